The maximum atomic E-state index is 13.7. The Bertz CT molecular complexity index is 718. The van der Waals surface area contributed by atoms with E-state index in [0.717, 1.165) is 11.8 Å². The minimum Gasteiger partial charge on any atom is -0.497 e. The van der Waals surface area contributed by atoms with Gasteiger partial charge in [-0.15, -0.1) is 0 Å². The van der Waals surface area contributed by atoms with Crippen LogP contribution in [0.4, 0.5) is 13.2 Å². The Morgan fingerprint density at radius 1 is 1.24 bits per heavy atom. The zero-order chi connectivity index (χ0) is 21.2. The van der Waals surface area contributed by atoms with Gasteiger partial charge >= 0.3 is 6.18 Å². The molecule has 0 aromatic heterocycles. The van der Waals surface area contributed by atoms with Gasteiger partial charge in [-0.2, -0.15) is 13.2 Å². The van der Waals surface area contributed by atoms with E-state index in [1.165, 1.54) is 7.11 Å². The number of benzene rings is 1. The third kappa shape index (κ3) is 4.97. The van der Waals surface area contributed by atoms with Crippen molar-refractivity contribution in [3.63, 3.8) is 0 Å². The summed E-state index contributed by atoms with van der Waals surface area (Å²) in [5.74, 6) is 0.566. The second kappa shape index (κ2) is 9.09. The molecule has 1 fully saturated rings. The van der Waals surface area contributed by atoms with Crippen LogP contribution in [0.25, 0.3) is 0 Å². The predicted octanol–water partition coefficient (Wildman–Crippen LogP) is 1.67. The molecule has 7 nitrogen and oxygen atoms in total. The summed E-state index contributed by atoms with van der Waals surface area (Å²) in [5.41, 5.74) is -0.348. The molecule has 3 N–H and O–H groups in total. The third-order valence-corrected chi connectivity index (χ3v) is 5.73. The van der Waals surface area contributed by atoms with Crippen molar-refractivity contribution < 1.29 is 37.6 Å². The number of ether oxygens (including phenoxy) is 3. The van der Waals surface area contributed by atoms with Crippen molar-refractivity contribution in [3.8, 4) is 5.75 Å². The van der Waals surface area contributed by atoms with Gasteiger partial charge in [0.2, 0.25) is 0 Å². The molecule has 6 atom stereocenters. The molecule has 0 unspecified atom stereocenters. The number of methoxy groups -OCH3 is 1. The molecule has 1 aromatic rings. The van der Waals surface area contributed by atoms with Crippen molar-refractivity contribution in [1.29, 1.82) is 0 Å². The van der Waals surface area contributed by atoms with Gasteiger partial charge < -0.3 is 29.7 Å². The number of halogens is 3. The SMILES string of the molecule is CCNC1=N[C@@H]2[C@@H](O)[C@H](O)[C@@H]([C@@H](OCc3ccc(OC)cc3)C(F)(F)F)O[C@@H]2S1. The minimum absolute atomic E-state index is 0.350. The van der Waals surface area contributed by atoms with Crippen LogP contribution in [0.15, 0.2) is 29.3 Å². The fourth-order valence-corrected chi connectivity index (χ4v) is 4.33. The number of thioether (sulfide) groups is 1. The molecule has 0 aliphatic carbocycles. The number of nitrogens with zero attached hydrogens (tertiary/aromatic N) is 1. The lowest BCUT2D eigenvalue weighted by Crippen LogP contribution is -2.61. The van der Waals surface area contributed by atoms with Gasteiger partial charge in [-0.1, -0.05) is 23.9 Å². The molecule has 3 rings (SSSR count). The van der Waals surface area contributed by atoms with Crippen molar-refractivity contribution in [2.24, 2.45) is 4.99 Å². The first-order chi connectivity index (χ1) is 13.7. The number of amidine groups is 1. The Balaban J connectivity index is 1.73. The lowest BCUT2D eigenvalue weighted by Gasteiger charge is -2.41. The van der Waals surface area contributed by atoms with Crippen molar-refractivity contribution in [2.75, 3.05) is 13.7 Å². The first-order valence-corrected chi connectivity index (χ1v) is 9.93. The van der Waals surface area contributed by atoms with Gasteiger partial charge in [-0.25, -0.2) is 0 Å². The smallest absolute Gasteiger partial charge is 0.417 e. The van der Waals surface area contributed by atoms with Crippen LogP contribution in [0.1, 0.15) is 12.5 Å². The van der Waals surface area contributed by atoms with Crippen molar-refractivity contribution in [3.05, 3.63) is 29.8 Å². The average molecular weight is 436 g/mol. The van der Waals surface area contributed by atoms with E-state index in [9.17, 15) is 23.4 Å². The van der Waals surface area contributed by atoms with Crippen LogP contribution >= 0.6 is 11.8 Å². The summed E-state index contributed by atoms with van der Waals surface area (Å²) in [7, 11) is 1.48. The summed E-state index contributed by atoms with van der Waals surface area (Å²) in [6.45, 7) is 2.05. The molecule has 2 aliphatic heterocycles. The fourth-order valence-electron chi connectivity index (χ4n) is 3.16. The van der Waals surface area contributed by atoms with E-state index < -0.39 is 42.1 Å². The van der Waals surface area contributed by atoms with Crippen molar-refractivity contribution in [2.45, 2.75) is 55.6 Å². The first kappa shape index (κ1) is 22.2. The highest BCUT2D eigenvalue weighted by molar-refractivity contribution is 8.14. The highest BCUT2D eigenvalue weighted by Gasteiger charge is 2.57. The zero-order valence-electron chi connectivity index (χ0n) is 15.8. The molecule has 11 heteroatoms. The van der Waals surface area contributed by atoms with Crippen molar-refractivity contribution >= 4 is 16.9 Å². The number of hydrogen-bond acceptors (Lipinski definition) is 8. The average Bonchev–Trinajstić information content (AvgIpc) is 3.08. The first-order valence-electron chi connectivity index (χ1n) is 9.05. The number of fused-ring (bicyclic) bond motifs is 1. The second-order valence-corrected chi connectivity index (χ2v) is 7.73. The predicted molar refractivity (Wildman–Crippen MR) is 101 cm³/mol. The lowest BCUT2D eigenvalue weighted by molar-refractivity contribution is -0.286. The Morgan fingerprint density at radius 2 is 1.93 bits per heavy atom. The van der Waals surface area contributed by atoms with E-state index in [-0.39, 0.29) is 6.61 Å². The number of nitrogens with one attached hydrogen (secondary N) is 1. The summed E-state index contributed by atoms with van der Waals surface area (Å²) < 4.78 is 56.8. The molecule has 0 radical (unpaired) electrons. The number of alkyl halides is 3. The summed E-state index contributed by atoms with van der Waals surface area (Å²) in [6, 6.07) is 5.53. The van der Waals surface area contributed by atoms with Gasteiger partial charge in [0.15, 0.2) is 11.3 Å². The van der Waals surface area contributed by atoms with E-state index in [2.05, 4.69) is 10.3 Å². The van der Waals surface area contributed by atoms with Crippen LogP contribution in [0.2, 0.25) is 0 Å². The highest BCUT2D eigenvalue weighted by Crippen LogP contribution is 2.40. The molecule has 0 spiro atoms. The van der Waals surface area contributed by atoms with Gasteiger partial charge in [0.25, 0.3) is 0 Å². The van der Waals surface area contributed by atoms with E-state index in [4.69, 9.17) is 14.2 Å². The largest absolute Gasteiger partial charge is 0.497 e. The normalized spacial score (nSPS) is 30.4. The summed E-state index contributed by atoms with van der Waals surface area (Å²) in [5, 5.41) is 24.1. The molecule has 162 valence electrons. The standard InChI is InChI=1S/C18H23F3N2O5S/c1-3-22-17-23-11-12(24)13(25)14(28-16(11)29-17)15(18(19,20)21)27-8-9-4-6-10(26-2)7-5-9/h4-7,11-16,24-25H,3,8H2,1-2H3,(H,22,23)/t11-,12-,13+,14+,15-,16-/m1/s1. The van der Waals surface area contributed by atoms with E-state index in [0.29, 0.717) is 23.0 Å². The minimum atomic E-state index is -4.81. The lowest BCUT2D eigenvalue weighted by atomic mass is 9.94. The zero-order valence-corrected chi connectivity index (χ0v) is 16.6. The third-order valence-electron chi connectivity index (χ3n) is 4.64. The molecule has 0 saturated carbocycles. The van der Waals surface area contributed by atoms with Crippen LogP contribution in [-0.2, 0) is 16.1 Å². The highest BCUT2D eigenvalue weighted by atomic mass is 32.2. The van der Waals surface area contributed by atoms with Crippen LogP contribution in [0.5, 0.6) is 5.75 Å². The molecule has 1 aromatic carbocycles. The molecule has 2 heterocycles. The second-order valence-electron chi connectivity index (χ2n) is 6.64. The molecule has 0 bridgehead atoms. The van der Waals surface area contributed by atoms with Gasteiger partial charge in [-0.3, -0.25) is 4.99 Å². The summed E-state index contributed by atoms with van der Waals surface area (Å²) >= 11 is 1.08. The van der Waals surface area contributed by atoms with Crippen LogP contribution in [0.3, 0.4) is 0 Å². The summed E-state index contributed by atoms with van der Waals surface area (Å²) in [4.78, 5) is 4.20. The topological polar surface area (TPSA) is 92.5 Å². The van der Waals surface area contributed by atoms with Gasteiger partial charge in [-0.05, 0) is 24.6 Å². The van der Waals surface area contributed by atoms with Crippen LogP contribution in [-0.4, -0.2) is 71.1 Å². The van der Waals surface area contributed by atoms with Gasteiger partial charge in [0.05, 0.1) is 13.7 Å². The number of hydrogen-bond donors (Lipinski definition) is 3. The Kier molecular flexibility index (Phi) is 6.94. The molecular weight excluding hydrogens is 413 g/mol. The number of aliphatic hydroxyl groups is 2. The Morgan fingerprint density at radius 3 is 2.52 bits per heavy atom. The molecular formula is C18H23F3N2O5S. The van der Waals surface area contributed by atoms with E-state index in [1.807, 2.05) is 6.92 Å². The number of aliphatic imine (C=N–C) groups is 1. The Hall–Kier alpha value is -1.53. The number of aliphatic hydroxyl groups excluding tert-OH is 2. The van der Waals surface area contributed by atoms with E-state index >= 15 is 0 Å². The van der Waals surface area contributed by atoms with Crippen LogP contribution in [0, 0.1) is 0 Å². The number of rotatable bonds is 6. The maximum absolute atomic E-state index is 13.7. The van der Waals surface area contributed by atoms with Gasteiger partial charge in [0.1, 0.15) is 35.5 Å². The monoisotopic (exact) mass is 436 g/mol. The molecule has 29 heavy (non-hydrogen) atoms. The fraction of sp³-hybridized carbons (Fsp3) is 0.611. The van der Waals surface area contributed by atoms with Crippen molar-refractivity contribution in [1.82, 2.24) is 5.32 Å². The van der Waals surface area contributed by atoms with E-state index in [1.54, 1.807) is 24.3 Å². The molecule has 2 aliphatic rings. The summed E-state index contributed by atoms with van der Waals surface area (Å²) in [6.07, 6.45) is -12.3. The molecule has 1 saturated heterocycles. The van der Waals surface area contributed by atoms with Gasteiger partial charge in [0, 0.05) is 6.54 Å². The Labute approximate surface area is 170 Å². The maximum Gasteiger partial charge on any atom is 0.417 e. The quantitative estimate of drug-likeness (QED) is 0.625. The van der Waals surface area contributed by atoms with Crippen LogP contribution < -0.4 is 10.1 Å². The molecule has 0 amide bonds.